The van der Waals surface area contributed by atoms with Gasteiger partial charge in [-0.05, 0) is 36.4 Å². The number of benzene rings is 2. The van der Waals surface area contributed by atoms with E-state index in [1.807, 2.05) is 0 Å². The third kappa shape index (κ3) is 4.08. The lowest BCUT2D eigenvalue weighted by molar-refractivity contribution is -0.118. The standard InChI is InChI=1S/C20H18FN3O3/c1-12(2)19(26)23-15-6-3-13(4-7-15)18(25)10-24-11-22-17-9-14(21)5-8-16(17)20(24)27/h3-9,11-12H,10H2,1-2H3,(H,23,26). The van der Waals surface area contributed by atoms with Crippen LogP contribution >= 0.6 is 0 Å². The van der Waals surface area contributed by atoms with Crippen LogP contribution in [0.25, 0.3) is 10.9 Å². The Hall–Kier alpha value is -3.35. The smallest absolute Gasteiger partial charge is 0.261 e. The fourth-order valence-corrected chi connectivity index (χ4v) is 2.52. The molecule has 0 aliphatic carbocycles. The summed E-state index contributed by atoms with van der Waals surface area (Å²) in [4.78, 5) is 40.6. The van der Waals surface area contributed by atoms with E-state index in [9.17, 15) is 18.8 Å². The van der Waals surface area contributed by atoms with Crippen LogP contribution in [-0.2, 0) is 11.3 Å². The average molecular weight is 367 g/mol. The topological polar surface area (TPSA) is 81.1 Å². The summed E-state index contributed by atoms with van der Waals surface area (Å²) in [6.45, 7) is 3.39. The molecule has 0 saturated carbocycles. The molecule has 0 aliphatic rings. The SMILES string of the molecule is CC(C)C(=O)Nc1ccc(C(=O)Cn2cnc3cc(F)ccc3c2=O)cc1. The molecule has 1 amide bonds. The molecule has 0 bridgehead atoms. The second-order valence-corrected chi connectivity index (χ2v) is 6.48. The van der Waals surface area contributed by atoms with Crippen LogP contribution in [0, 0.1) is 11.7 Å². The predicted octanol–water partition coefficient (Wildman–Crippen LogP) is 3.01. The number of ketones is 1. The molecule has 1 N–H and O–H groups in total. The maximum absolute atomic E-state index is 13.2. The van der Waals surface area contributed by atoms with Gasteiger partial charge in [-0.25, -0.2) is 9.37 Å². The molecule has 0 aliphatic heterocycles. The second-order valence-electron chi connectivity index (χ2n) is 6.48. The highest BCUT2D eigenvalue weighted by atomic mass is 19.1. The Morgan fingerprint density at radius 1 is 1.15 bits per heavy atom. The van der Waals surface area contributed by atoms with Gasteiger partial charge in [0.25, 0.3) is 5.56 Å². The van der Waals surface area contributed by atoms with E-state index in [4.69, 9.17) is 0 Å². The zero-order valence-corrected chi connectivity index (χ0v) is 14.9. The monoisotopic (exact) mass is 367 g/mol. The Labute approximate surface area is 154 Å². The minimum atomic E-state index is -0.479. The van der Waals surface area contributed by atoms with Crippen LogP contribution in [0.3, 0.4) is 0 Å². The lowest BCUT2D eigenvalue weighted by Gasteiger charge is -2.09. The fourth-order valence-electron chi connectivity index (χ4n) is 2.52. The van der Waals surface area contributed by atoms with Crippen molar-refractivity contribution in [3.63, 3.8) is 0 Å². The number of Topliss-reactive ketones (excluding diaryl/α,β-unsaturated/α-hetero) is 1. The molecule has 3 aromatic rings. The zero-order valence-electron chi connectivity index (χ0n) is 14.9. The Morgan fingerprint density at radius 2 is 1.85 bits per heavy atom. The summed E-state index contributed by atoms with van der Waals surface area (Å²) in [6.07, 6.45) is 1.24. The molecule has 138 valence electrons. The molecular formula is C20H18FN3O3. The van der Waals surface area contributed by atoms with Crippen LogP contribution in [-0.4, -0.2) is 21.2 Å². The molecule has 0 atom stereocenters. The largest absolute Gasteiger partial charge is 0.326 e. The lowest BCUT2D eigenvalue weighted by atomic mass is 10.1. The van der Waals surface area contributed by atoms with Crippen molar-refractivity contribution in [1.82, 2.24) is 9.55 Å². The molecule has 7 heteroatoms. The van der Waals surface area contributed by atoms with Crippen LogP contribution in [0.2, 0.25) is 0 Å². The number of nitrogens with one attached hydrogen (secondary N) is 1. The predicted molar refractivity (Wildman–Crippen MR) is 100 cm³/mol. The molecule has 27 heavy (non-hydrogen) atoms. The van der Waals surface area contributed by atoms with Gasteiger partial charge in [0.1, 0.15) is 5.82 Å². The van der Waals surface area contributed by atoms with E-state index in [1.165, 1.54) is 29.1 Å². The van der Waals surface area contributed by atoms with Gasteiger partial charge in [0, 0.05) is 23.2 Å². The molecule has 3 rings (SSSR count). The van der Waals surface area contributed by atoms with Crippen molar-refractivity contribution in [3.8, 4) is 0 Å². The molecule has 0 radical (unpaired) electrons. The number of halogens is 1. The third-order valence-corrected chi connectivity index (χ3v) is 4.10. The Kier molecular flexibility index (Phi) is 5.12. The van der Waals surface area contributed by atoms with E-state index < -0.39 is 11.4 Å². The first-order chi connectivity index (χ1) is 12.8. The molecule has 1 heterocycles. The zero-order chi connectivity index (χ0) is 19.6. The molecule has 0 spiro atoms. The Balaban J connectivity index is 1.78. The van der Waals surface area contributed by atoms with Gasteiger partial charge in [0.2, 0.25) is 5.91 Å². The number of nitrogens with zero attached hydrogens (tertiary/aromatic N) is 2. The van der Waals surface area contributed by atoms with Crippen molar-refractivity contribution in [2.45, 2.75) is 20.4 Å². The quantitative estimate of drug-likeness (QED) is 0.703. The van der Waals surface area contributed by atoms with E-state index in [1.54, 1.807) is 38.1 Å². The number of carbonyl (C=O) groups excluding carboxylic acids is 2. The van der Waals surface area contributed by atoms with E-state index in [0.29, 0.717) is 11.3 Å². The number of aromatic nitrogens is 2. The molecule has 0 fully saturated rings. The molecular weight excluding hydrogens is 349 g/mol. The maximum Gasteiger partial charge on any atom is 0.261 e. The van der Waals surface area contributed by atoms with Crippen molar-refractivity contribution in [1.29, 1.82) is 0 Å². The Morgan fingerprint density at radius 3 is 2.52 bits per heavy atom. The maximum atomic E-state index is 13.2. The van der Waals surface area contributed by atoms with E-state index in [2.05, 4.69) is 10.3 Å². The fraction of sp³-hybridized carbons (Fsp3) is 0.200. The van der Waals surface area contributed by atoms with Crippen molar-refractivity contribution in [2.24, 2.45) is 5.92 Å². The number of hydrogen-bond acceptors (Lipinski definition) is 4. The number of amides is 1. The number of carbonyl (C=O) groups is 2. The average Bonchev–Trinajstić information content (AvgIpc) is 2.64. The summed E-state index contributed by atoms with van der Waals surface area (Å²) in [6, 6.07) is 10.2. The first-order valence-electron chi connectivity index (χ1n) is 8.44. The van der Waals surface area contributed by atoms with E-state index >= 15 is 0 Å². The first kappa shape index (κ1) is 18.4. The van der Waals surface area contributed by atoms with Crippen LogP contribution in [0.4, 0.5) is 10.1 Å². The highest BCUT2D eigenvalue weighted by Crippen LogP contribution is 2.13. The minimum absolute atomic E-state index is 0.112. The molecule has 0 unspecified atom stereocenters. The number of hydrogen-bond donors (Lipinski definition) is 1. The number of rotatable bonds is 5. The first-order valence-corrected chi connectivity index (χ1v) is 8.44. The lowest BCUT2D eigenvalue weighted by Crippen LogP contribution is -2.24. The van der Waals surface area contributed by atoms with Gasteiger partial charge in [-0.3, -0.25) is 19.0 Å². The molecule has 2 aromatic carbocycles. The van der Waals surface area contributed by atoms with Gasteiger partial charge in [-0.1, -0.05) is 13.8 Å². The van der Waals surface area contributed by atoms with Crippen LogP contribution in [0.1, 0.15) is 24.2 Å². The van der Waals surface area contributed by atoms with Crippen molar-refractivity contribution in [2.75, 3.05) is 5.32 Å². The van der Waals surface area contributed by atoms with E-state index in [-0.39, 0.29) is 35.1 Å². The normalized spacial score (nSPS) is 11.0. The van der Waals surface area contributed by atoms with Crippen LogP contribution in [0.15, 0.2) is 53.6 Å². The van der Waals surface area contributed by atoms with Crippen LogP contribution < -0.4 is 10.9 Å². The highest BCUT2D eigenvalue weighted by molar-refractivity contribution is 5.97. The van der Waals surface area contributed by atoms with Gasteiger partial charge in [0.05, 0.1) is 23.8 Å². The summed E-state index contributed by atoms with van der Waals surface area (Å²) in [5.74, 6) is -1.01. The second kappa shape index (κ2) is 7.49. The van der Waals surface area contributed by atoms with Gasteiger partial charge in [-0.15, -0.1) is 0 Å². The number of fused-ring (bicyclic) bond motifs is 1. The van der Waals surface area contributed by atoms with Gasteiger partial charge in [0.15, 0.2) is 5.78 Å². The van der Waals surface area contributed by atoms with Crippen molar-refractivity contribution < 1.29 is 14.0 Å². The molecule has 1 aromatic heterocycles. The third-order valence-electron chi connectivity index (χ3n) is 4.10. The van der Waals surface area contributed by atoms with Gasteiger partial charge >= 0.3 is 0 Å². The molecule has 6 nitrogen and oxygen atoms in total. The van der Waals surface area contributed by atoms with E-state index in [0.717, 1.165) is 0 Å². The van der Waals surface area contributed by atoms with Crippen molar-refractivity contribution in [3.05, 3.63) is 70.5 Å². The summed E-state index contributed by atoms with van der Waals surface area (Å²) in [7, 11) is 0. The summed E-state index contributed by atoms with van der Waals surface area (Å²) in [5.41, 5.74) is 0.837. The summed E-state index contributed by atoms with van der Waals surface area (Å²) >= 11 is 0. The Bertz CT molecular complexity index is 1070. The van der Waals surface area contributed by atoms with Crippen LogP contribution in [0.5, 0.6) is 0 Å². The van der Waals surface area contributed by atoms with Crippen molar-refractivity contribution >= 4 is 28.3 Å². The molecule has 0 saturated heterocycles. The highest BCUT2D eigenvalue weighted by Gasteiger charge is 2.12. The summed E-state index contributed by atoms with van der Waals surface area (Å²) in [5, 5.41) is 2.99. The number of anilines is 1. The summed E-state index contributed by atoms with van der Waals surface area (Å²) < 4.78 is 14.4. The van der Waals surface area contributed by atoms with Gasteiger partial charge in [-0.2, -0.15) is 0 Å². The van der Waals surface area contributed by atoms with Gasteiger partial charge < -0.3 is 5.32 Å². The minimum Gasteiger partial charge on any atom is -0.326 e.